The number of hydrogen-bond acceptors (Lipinski definition) is 4. The number of carboxylic acid groups (broad SMARTS) is 1. The Labute approximate surface area is 133 Å². The molecule has 1 amide bonds. The average molecular weight is 366 g/mol. The number of carbonyl (C=O) groups excluding carboxylic acids is 1. The normalized spacial score (nSPS) is 10.2. The lowest BCUT2D eigenvalue weighted by Gasteiger charge is -2.07. The van der Waals surface area contributed by atoms with E-state index in [2.05, 4.69) is 26.3 Å². The van der Waals surface area contributed by atoms with Crippen LogP contribution in [0.15, 0.2) is 45.7 Å². The SMILES string of the molecule is O=C(O)CNC(=O)Cn1nc(-c2ccc(Br)cc2)ccc1=O. The second-order valence-electron chi connectivity index (χ2n) is 4.39. The van der Waals surface area contributed by atoms with Crippen molar-refractivity contribution in [3.8, 4) is 11.3 Å². The number of carboxylic acids is 1. The van der Waals surface area contributed by atoms with Crippen LogP contribution >= 0.6 is 15.9 Å². The van der Waals surface area contributed by atoms with Crippen molar-refractivity contribution in [2.45, 2.75) is 6.54 Å². The predicted molar refractivity (Wildman–Crippen MR) is 82.3 cm³/mol. The molecule has 0 spiro atoms. The fourth-order valence-electron chi connectivity index (χ4n) is 1.70. The van der Waals surface area contributed by atoms with Gasteiger partial charge in [-0.05, 0) is 18.2 Å². The van der Waals surface area contributed by atoms with Gasteiger partial charge in [-0.2, -0.15) is 5.10 Å². The summed E-state index contributed by atoms with van der Waals surface area (Å²) in [5, 5.41) is 14.8. The molecule has 8 heteroatoms. The van der Waals surface area contributed by atoms with Crippen molar-refractivity contribution in [3.63, 3.8) is 0 Å². The van der Waals surface area contributed by atoms with Crippen molar-refractivity contribution >= 4 is 27.8 Å². The molecule has 0 saturated carbocycles. The van der Waals surface area contributed by atoms with Gasteiger partial charge in [0, 0.05) is 16.1 Å². The van der Waals surface area contributed by atoms with Crippen LogP contribution in [0.25, 0.3) is 11.3 Å². The number of rotatable bonds is 5. The monoisotopic (exact) mass is 365 g/mol. The highest BCUT2D eigenvalue weighted by molar-refractivity contribution is 9.10. The highest BCUT2D eigenvalue weighted by Crippen LogP contribution is 2.18. The number of nitrogens with zero attached hydrogens (tertiary/aromatic N) is 2. The fourth-order valence-corrected chi connectivity index (χ4v) is 1.97. The average Bonchev–Trinajstić information content (AvgIpc) is 2.48. The number of aliphatic carboxylic acids is 1. The molecule has 2 N–H and O–H groups in total. The van der Waals surface area contributed by atoms with Gasteiger partial charge < -0.3 is 10.4 Å². The van der Waals surface area contributed by atoms with E-state index in [9.17, 15) is 14.4 Å². The predicted octanol–water partition coefficient (Wildman–Crippen LogP) is 0.874. The number of carbonyl (C=O) groups is 2. The minimum atomic E-state index is -1.16. The number of halogens is 1. The summed E-state index contributed by atoms with van der Waals surface area (Å²) in [4.78, 5) is 33.7. The smallest absolute Gasteiger partial charge is 0.322 e. The van der Waals surface area contributed by atoms with Gasteiger partial charge in [0.25, 0.3) is 5.56 Å². The molecule has 22 heavy (non-hydrogen) atoms. The minimum absolute atomic E-state index is 0.337. The Balaban J connectivity index is 2.20. The second-order valence-corrected chi connectivity index (χ2v) is 5.31. The van der Waals surface area contributed by atoms with E-state index in [0.29, 0.717) is 5.69 Å². The van der Waals surface area contributed by atoms with Crippen LogP contribution in [-0.2, 0) is 16.1 Å². The fraction of sp³-hybridized carbons (Fsp3) is 0.143. The highest BCUT2D eigenvalue weighted by atomic mass is 79.9. The maximum atomic E-state index is 11.7. The van der Waals surface area contributed by atoms with Crippen LogP contribution in [0.1, 0.15) is 0 Å². The van der Waals surface area contributed by atoms with Crippen molar-refractivity contribution in [1.82, 2.24) is 15.1 Å². The lowest BCUT2D eigenvalue weighted by molar-refractivity contribution is -0.138. The summed E-state index contributed by atoms with van der Waals surface area (Å²) in [5.41, 5.74) is 0.896. The Hall–Kier alpha value is -2.48. The number of amides is 1. The molecule has 0 radical (unpaired) electrons. The third-order valence-corrected chi connectivity index (χ3v) is 3.27. The number of nitrogens with one attached hydrogen (secondary N) is 1. The molecule has 1 aromatic heterocycles. The molecule has 0 unspecified atom stereocenters. The number of benzene rings is 1. The standard InChI is InChI=1S/C14H12BrN3O4/c15-10-3-1-9(2-4-10)11-5-6-13(20)18(17-11)8-12(19)16-7-14(21)22/h1-6H,7-8H2,(H,16,19)(H,21,22). The first-order valence-corrected chi connectivity index (χ1v) is 7.07. The zero-order chi connectivity index (χ0) is 16.1. The van der Waals surface area contributed by atoms with E-state index in [1.54, 1.807) is 6.07 Å². The summed E-state index contributed by atoms with van der Waals surface area (Å²) in [7, 11) is 0. The molecular formula is C14H12BrN3O4. The van der Waals surface area contributed by atoms with Crippen molar-refractivity contribution in [2.24, 2.45) is 0 Å². The summed E-state index contributed by atoms with van der Waals surface area (Å²) in [5.74, 6) is -1.75. The molecule has 2 aromatic rings. The maximum absolute atomic E-state index is 11.7. The topological polar surface area (TPSA) is 101 Å². The van der Waals surface area contributed by atoms with Gasteiger partial charge in [0.15, 0.2) is 0 Å². The first-order chi connectivity index (χ1) is 10.5. The summed E-state index contributed by atoms with van der Waals surface area (Å²) in [6.45, 7) is -0.837. The lowest BCUT2D eigenvalue weighted by atomic mass is 10.1. The molecule has 0 aliphatic rings. The Morgan fingerprint density at radius 3 is 2.50 bits per heavy atom. The van der Waals surface area contributed by atoms with E-state index in [0.717, 1.165) is 14.7 Å². The molecule has 0 saturated heterocycles. The molecular weight excluding hydrogens is 354 g/mol. The van der Waals surface area contributed by atoms with Crippen molar-refractivity contribution in [2.75, 3.05) is 6.54 Å². The lowest BCUT2D eigenvalue weighted by Crippen LogP contribution is -2.36. The van der Waals surface area contributed by atoms with Gasteiger partial charge in [-0.25, -0.2) is 4.68 Å². The Bertz CT molecular complexity index is 755. The zero-order valence-corrected chi connectivity index (χ0v) is 12.9. The van der Waals surface area contributed by atoms with Crippen LogP contribution in [-0.4, -0.2) is 33.3 Å². The van der Waals surface area contributed by atoms with Gasteiger partial charge in [0.1, 0.15) is 13.1 Å². The minimum Gasteiger partial charge on any atom is -0.480 e. The number of aromatic nitrogens is 2. The van der Waals surface area contributed by atoms with Crippen LogP contribution in [0.2, 0.25) is 0 Å². The third-order valence-electron chi connectivity index (χ3n) is 2.74. The largest absolute Gasteiger partial charge is 0.480 e. The van der Waals surface area contributed by atoms with Crippen molar-refractivity contribution < 1.29 is 14.7 Å². The summed E-state index contributed by atoms with van der Waals surface area (Å²) in [6, 6.07) is 10.2. The summed E-state index contributed by atoms with van der Waals surface area (Å²) >= 11 is 3.33. The van der Waals surface area contributed by atoms with Gasteiger partial charge >= 0.3 is 5.97 Å². The zero-order valence-electron chi connectivity index (χ0n) is 11.3. The second kappa shape index (κ2) is 6.99. The first kappa shape index (κ1) is 15.9. The van der Waals surface area contributed by atoms with Gasteiger partial charge in [-0.15, -0.1) is 0 Å². The van der Waals surface area contributed by atoms with Gasteiger partial charge in [-0.1, -0.05) is 28.1 Å². The van der Waals surface area contributed by atoms with Crippen LogP contribution in [0, 0.1) is 0 Å². The molecule has 1 aromatic carbocycles. The van der Waals surface area contributed by atoms with E-state index in [1.807, 2.05) is 24.3 Å². The summed E-state index contributed by atoms with van der Waals surface area (Å²) < 4.78 is 1.91. The molecule has 1 heterocycles. The van der Waals surface area contributed by atoms with Gasteiger partial charge in [-0.3, -0.25) is 14.4 Å². The quantitative estimate of drug-likeness (QED) is 0.818. The summed E-state index contributed by atoms with van der Waals surface area (Å²) in [6.07, 6.45) is 0. The van der Waals surface area contributed by atoms with E-state index >= 15 is 0 Å². The van der Waals surface area contributed by atoms with Crippen LogP contribution in [0.3, 0.4) is 0 Å². The Morgan fingerprint density at radius 1 is 1.18 bits per heavy atom. The Morgan fingerprint density at radius 2 is 1.86 bits per heavy atom. The van der Waals surface area contributed by atoms with Crippen LogP contribution in [0.4, 0.5) is 0 Å². The molecule has 7 nitrogen and oxygen atoms in total. The molecule has 0 aliphatic heterocycles. The van der Waals surface area contributed by atoms with Crippen LogP contribution < -0.4 is 10.9 Å². The molecule has 114 valence electrons. The Kier molecular flexibility index (Phi) is 5.05. The van der Waals surface area contributed by atoms with Crippen molar-refractivity contribution in [1.29, 1.82) is 0 Å². The number of hydrogen-bond donors (Lipinski definition) is 2. The van der Waals surface area contributed by atoms with Crippen LogP contribution in [0.5, 0.6) is 0 Å². The van der Waals surface area contributed by atoms with Gasteiger partial charge in [0.2, 0.25) is 5.91 Å². The molecule has 0 bridgehead atoms. The van der Waals surface area contributed by atoms with Crippen molar-refractivity contribution in [3.05, 3.63) is 51.2 Å². The highest BCUT2D eigenvalue weighted by Gasteiger charge is 2.09. The molecule has 2 rings (SSSR count). The third kappa shape index (κ3) is 4.26. The first-order valence-electron chi connectivity index (χ1n) is 6.28. The van der Waals surface area contributed by atoms with E-state index in [-0.39, 0.29) is 6.54 Å². The van der Waals surface area contributed by atoms with E-state index in [4.69, 9.17) is 5.11 Å². The van der Waals surface area contributed by atoms with E-state index < -0.39 is 24.0 Å². The molecule has 0 aliphatic carbocycles. The van der Waals surface area contributed by atoms with E-state index in [1.165, 1.54) is 6.07 Å². The molecule has 0 atom stereocenters. The maximum Gasteiger partial charge on any atom is 0.322 e. The van der Waals surface area contributed by atoms with Gasteiger partial charge in [0.05, 0.1) is 5.69 Å². The molecule has 0 fully saturated rings.